The molecule has 0 aromatic carbocycles. The van der Waals surface area contributed by atoms with Gasteiger partial charge in [0, 0.05) is 24.7 Å². The third-order valence-corrected chi connectivity index (χ3v) is 3.72. The number of likely N-dealkylation sites (N-methyl/N-ethyl adjacent to an activating group) is 1. The van der Waals surface area contributed by atoms with Crippen LogP contribution < -0.4 is 5.32 Å². The first kappa shape index (κ1) is 12.3. The highest BCUT2D eigenvalue weighted by Crippen LogP contribution is 2.31. The summed E-state index contributed by atoms with van der Waals surface area (Å²) < 4.78 is 5.68. The van der Waals surface area contributed by atoms with Crippen LogP contribution in [0.2, 0.25) is 0 Å². The van der Waals surface area contributed by atoms with Crippen molar-refractivity contribution in [2.24, 2.45) is 0 Å². The molecule has 0 radical (unpaired) electrons. The molecule has 2 atom stereocenters. The second-order valence-electron chi connectivity index (χ2n) is 5.06. The summed E-state index contributed by atoms with van der Waals surface area (Å²) in [5.74, 6) is 0. The molecule has 1 aliphatic heterocycles. The van der Waals surface area contributed by atoms with E-state index in [1.165, 1.54) is 32.2 Å². The molecule has 94 valence electrons. The van der Waals surface area contributed by atoms with E-state index in [1.54, 1.807) is 0 Å². The fraction of sp³-hybridized carbons (Fsp3) is 1.00. The fourth-order valence-electron chi connectivity index (χ4n) is 2.83. The molecule has 3 heteroatoms. The summed E-state index contributed by atoms with van der Waals surface area (Å²) in [6.45, 7) is 8.65. The minimum absolute atomic E-state index is 0.612. The number of hydrogen-bond donors (Lipinski definition) is 1. The van der Waals surface area contributed by atoms with Gasteiger partial charge in [-0.2, -0.15) is 0 Å². The number of rotatable bonds is 6. The molecule has 0 aromatic heterocycles. The Morgan fingerprint density at radius 1 is 1.25 bits per heavy atom. The van der Waals surface area contributed by atoms with Gasteiger partial charge in [0.2, 0.25) is 0 Å². The zero-order valence-corrected chi connectivity index (χ0v) is 10.7. The summed E-state index contributed by atoms with van der Waals surface area (Å²) in [5.41, 5.74) is 0. The van der Waals surface area contributed by atoms with Gasteiger partial charge in [0.05, 0.1) is 6.61 Å². The van der Waals surface area contributed by atoms with E-state index >= 15 is 0 Å². The first-order valence-corrected chi connectivity index (χ1v) is 6.93. The second-order valence-corrected chi connectivity index (χ2v) is 5.06. The monoisotopic (exact) mass is 226 g/mol. The van der Waals surface area contributed by atoms with Crippen molar-refractivity contribution < 1.29 is 4.74 Å². The van der Waals surface area contributed by atoms with Crippen molar-refractivity contribution in [3.05, 3.63) is 0 Å². The molecule has 0 amide bonds. The molecule has 1 saturated carbocycles. The Morgan fingerprint density at radius 2 is 2.06 bits per heavy atom. The molecule has 1 aliphatic carbocycles. The largest absolute Gasteiger partial charge is 0.380 e. The highest BCUT2D eigenvalue weighted by atomic mass is 16.5. The first-order chi connectivity index (χ1) is 7.86. The standard InChI is InChI=1S/C13H26N2O/c1-3-8-15(11-5-6-11)13-10-16-9-7-12(13)14-4-2/h11-14H,3-10H2,1-2H3. The van der Waals surface area contributed by atoms with Crippen molar-refractivity contribution in [3.63, 3.8) is 0 Å². The molecule has 1 heterocycles. The zero-order valence-electron chi connectivity index (χ0n) is 10.7. The van der Waals surface area contributed by atoms with Crippen LogP contribution in [0.1, 0.15) is 39.5 Å². The topological polar surface area (TPSA) is 24.5 Å². The molecule has 16 heavy (non-hydrogen) atoms. The van der Waals surface area contributed by atoms with Crippen molar-refractivity contribution in [2.45, 2.75) is 57.7 Å². The second kappa shape index (κ2) is 5.99. The van der Waals surface area contributed by atoms with Gasteiger partial charge in [-0.3, -0.25) is 4.90 Å². The highest BCUT2D eigenvalue weighted by Gasteiger charge is 2.38. The van der Waals surface area contributed by atoms with Crippen LogP contribution in [0.25, 0.3) is 0 Å². The Hall–Kier alpha value is -0.120. The van der Waals surface area contributed by atoms with Gasteiger partial charge in [0.1, 0.15) is 0 Å². The van der Waals surface area contributed by atoms with Crippen molar-refractivity contribution in [1.29, 1.82) is 0 Å². The van der Waals surface area contributed by atoms with E-state index in [0.717, 1.165) is 25.8 Å². The Bertz CT molecular complexity index is 204. The van der Waals surface area contributed by atoms with Crippen LogP contribution in [0.5, 0.6) is 0 Å². The molecule has 3 nitrogen and oxygen atoms in total. The van der Waals surface area contributed by atoms with E-state index in [4.69, 9.17) is 4.74 Å². The normalized spacial score (nSPS) is 30.9. The number of nitrogens with zero attached hydrogens (tertiary/aromatic N) is 1. The predicted octanol–water partition coefficient (Wildman–Crippen LogP) is 1.63. The first-order valence-electron chi connectivity index (χ1n) is 6.93. The lowest BCUT2D eigenvalue weighted by Crippen LogP contribution is -2.56. The lowest BCUT2D eigenvalue weighted by atomic mass is 10.0. The van der Waals surface area contributed by atoms with Crippen molar-refractivity contribution >= 4 is 0 Å². The van der Waals surface area contributed by atoms with Gasteiger partial charge < -0.3 is 10.1 Å². The van der Waals surface area contributed by atoms with Crippen molar-refractivity contribution in [1.82, 2.24) is 10.2 Å². The Labute approximate surface area is 99.5 Å². The Kier molecular flexibility index (Phi) is 4.62. The van der Waals surface area contributed by atoms with E-state index in [-0.39, 0.29) is 0 Å². The van der Waals surface area contributed by atoms with Gasteiger partial charge in [0.15, 0.2) is 0 Å². The molecule has 1 N–H and O–H groups in total. The summed E-state index contributed by atoms with van der Waals surface area (Å²) >= 11 is 0. The van der Waals surface area contributed by atoms with Crippen LogP contribution >= 0.6 is 0 Å². The molecule has 0 aromatic rings. The quantitative estimate of drug-likeness (QED) is 0.745. The minimum atomic E-state index is 0.612. The average molecular weight is 226 g/mol. The molecule has 2 aliphatic rings. The number of nitrogens with one attached hydrogen (secondary N) is 1. The lowest BCUT2D eigenvalue weighted by Gasteiger charge is -2.40. The summed E-state index contributed by atoms with van der Waals surface area (Å²) in [6, 6.07) is 2.11. The molecule has 2 rings (SSSR count). The van der Waals surface area contributed by atoms with Crippen LogP contribution in [-0.2, 0) is 4.74 Å². The smallest absolute Gasteiger partial charge is 0.0637 e. The van der Waals surface area contributed by atoms with Gasteiger partial charge >= 0.3 is 0 Å². The van der Waals surface area contributed by atoms with Crippen LogP contribution in [0.15, 0.2) is 0 Å². The molecular weight excluding hydrogens is 200 g/mol. The maximum Gasteiger partial charge on any atom is 0.0637 e. The van der Waals surface area contributed by atoms with Gasteiger partial charge in [-0.25, -0.2) is 0 Å². The molecule has 2 fully saturated rings. The van der Waals surface area contributed by atoms with Gasteiger partial charge in [-0.15, -0.1) is 0 Å². The fourth-order valence-corrected chi connectivity index (χ4v) is 2.83. The zero-order chi connectivity index (χ0) is 11.4. The third kappa shape index (κ3) is 2.96. The third-order valence-electron chi connectivity index (χ3n) is 3.72. The Balaban J connectivity index is 1.95. The van der Waals surface area contributed by atoms with Gasteiger partial charge in [-0.1, -0.05) is 13.8 Å². The van der Waals surface area contributed by atoms with Gasteiger partial charge in [-0.05, 0) is 38.8 Å². The molecule has 0 spiro atoms. The van der Waals surface area contributed by atoms with E-state index in [9.17, 15) is 0 Å². The van der Waals surface area contributed by atoms with E-state index in [1.807, 2.05) is 0 Å². The van der Waals surface area contributed by atoms with Crippen LogP contribution in [0.4, 0.5) is 0 Å². The molecule has 1 saturated heterocycles. The van der Waals surface area contributed by atoms with Crippen LogP contribution in [0, 0.1) is 0 Å². The summed E-state index contributed by atoms with van der Waals surface area (Å²) in [5, 5.41) is 3.63. The van der Waals surface area contributed by atoms with E-state index in [2.05, 4.69) is 24.1 Å². The van der Waals surface area contributed by atoms with E-state index < -0.39 is 0 Å². The summed E-state index contributed by atoms with van der Waals surface area (Å²) in [7, 11) is 0. The molecule has 0 bridgehead atoms. The Morgan fingerprint density at radius 3 is 2.69 bits per heavy atom. The van der Waals surface area contributed by atoms with Crippen molar-refractivity contribution in [3.8, 4) is 0 Å². The maximum absolute atomic E-state index is 5.68. The predicted molar refractivity (Wildman–Crippen MR) is 66.7 cm³/mol. The SMILES string of the molecule is CCCN(C1CC1)C1COCCC1NCC. The van der Waals surface area contributed by atoms with Gasteiger partial charge in [0.25, 0.3) is 0 Å². The number of hydrogen-bond acceptors (Lipinski definition) is 3. The van der Waals surface area contributed by atoms with Crippen molar-refractivity contribution in [2.75, 3.05) is 26.3 Å². The number of ether oxygens (including phenoxy) is 1. The van der Waals surface area contributed by atoms with Crippen LogP contribution in [0.3, 0.4) is 0 Å². The van der Waals surface area contributed by atoms with Crippen LogP contribution in [-0.4, -0.2) is 49.3 Å². The molecular formula is C13H26N2O. The summed E-state index contributed by atoms with van der Waals surface area (Å²) in [6.07, 6.45) is 5.22. The maximum atomic E-state index is 5.68. The average Bonchev–Trinajstić information content (AvgIpc) is 3.11. The lowest BCUT2D eigenvalue weighted by molar-refractivity contribution is -0.00619. The van der Waals surface area contributed by atoms with E-state index in [0.29, 0.717) is 12.1 Å². The summed E-state index contributed by atoms with van der Waals surface area (Å²) in [4.78, 5) is 2.70. The minimum Gasteiger partial charge on any atom is -0.380 e. The highest BCUT2D eigenvalue weighted by molar-refractivity contribution is 4.94. The molecule has 2 unspecified atom stereocenters.